The highest BCUT2D eigenvalue weighted by Crippen LogP contribution is 2.35. The highest BCUT2D eigenvalue weighted by atomic mass is 32.1. The Kier molecular flexibility index (Phi) is 4.29. The van der Waals surface area contributed by atoms with Crippen molar-refractivity contribution in [2.45, 2.75) is 11.8 Å². The van der Waals surface area contributed by atoms with Gasteiger partial charge in [-0.1, -0.05) is 24.3 Å². The largest absolute Gasteiger partial charge is 0.370 e. The van der Waals surface area contributed by atoms with Gasteiger partial charge < -0.3 is 11.1 Å². The molecule has 2 aromatic rings. The summed E-state index contributed by atoms with van der Waals surface area (Å²) >= 11 is 4.42. The van der Waals surface area contributed by atoms with Gasteiger partial charge in [-0.2, -0.15) is 0 Å². The summed E-state index contributed by atoms with van der Waals surface area (Å²) < 4.78 is 13.7. The second-order valence-electron chi connectivity index (χ2n) is 4.35. The van der Waals surface area contributed by atoms with Gasteiger partial charge in [0.05, 0.1) is 5.69 Å². The number of para-hydroxylation sites is 1. The molecule has 0 amide bonds. The molecule has 3 nitrogen and oxygen atoms in total. The standard InChI is InChI=1S/C15H16FN3S/c1-9-10(5-3-7-12(9)16)11-6-4-8-13(20)14(11)19-15(17)18-2/h3-8,20H,1-2H3,(H3,17,18,19). The second kappa shape index (κ2) is 5.96. The Morgan fingerprint density at radius 2 is 1.85 bits per heavy atom. The Balaban J connectivity index is 2.62. The molecule has 0 bridgehead atoms. The van der Waals surface area contributed by atoms with Crippen molar-refractivity contribution in [3.05, 3.63) is 47.8 Å². The van der Waals surface area contributed by atoms with E-state index in [0.29, 0.717) is 11.3 Å². The maximum atomic E-state index is 13.7. The van der Waals surface area contributed by atoms with Crippen LogP contribution in [-0.4, -0.2) is 13.0 Å². The highest BCUT2D eigenvalue weighted by molar-refractivity contribution is 7.80. The zero-order valence-electron chi connectivity index (χ0n) is 11.3. The minimum Gasteiger partial charge on any atom is -0.370 e. The summed E-state index contributed by atoms with van der Waals surface area (Å²) in [5, 5.41) is 3.00. The molecule has 0 fully saturated rings. The third kappa shape index (κ3) is 2.77. The molecule has 0 aliphatic heterocycles. The third-order valence-corrected chi connectivity index (χ3v) is 3.47. The number of nitrogens with two attached hydrogens (primary N) is 1. The molecule has 0 aliphatic carbocycles. The van der Waals surface area contributed by atoms with E-state index in [1.807, 2.05) is 24.3 Å². The molecule has 2 aromatic carbocycles. The minimum absolute atomic E-state index is 0.241. The summed E-state index contributed by atoms with van der Waals surface area (Å²) in [6.07, 6.45) is 0. The van der Waals surface area contributed by atoms with Crippen molar-refractivity contribution < 1.29 is 4.39 Å². The van der Waals surface area contributed by atoms with E-state index in [1.165, 1.54) is 6.07 Å². The normalized spacial score (nSPS) is 11.5. The lowest BCUT2D eigenvalue weighted by molar-refractivity contribution is 0.619. The van der Waals surface area contributed by atoms with Crippen LogP contribution >= 0.6 is 12.6 Å². The van der Waals surface area contributed by atoms with Gasteiger partial charge in [-0.05, 0) is 30.2 Å². The van der Waals surface area contributed by atoms with Crippen LogP contribution in [0.3, 0.4) is 0 Å². The van der Waals surface area contributed by atoms with Gasteiger partial charge in [-0.25, -0.2) is 4.39 Å². The lowest BCUT2D eigenvalue weighted by atomic mass is 9.98. The van der Waals surface area contributed by atoms with Crippen molar-refractivity contribution in [3.63, 3.8) is 0 Å². The van der Waals surface area contributed by atoms with Gasteiger partial charge >= 0.3 is 0 Å². The third-order valence-electron chi connectivity index (χ3n) is 3.09. The summed E-state index contributed by atoms with van der Waals surface area (Å²) in [6, 6.07) is 10.6. The highest BCUT2D eigenvalue weighted by Gasteiger charge is 2.12. The van der Waals surface area contributed by atoms with Crippen molar-refractivity contribution in [1.29, 1.82) is 0 Å². The smallest absolute Gasteiger partial charge is 0.192 e. The van der Waals surface area contributed by atoms with Crippen LogP contribution in [0.15, 0.2) is 46.3 Å². The number of nitrogens with one attached hydrogen (secondary N) is 1. The van der Waals surface area contributed by atoms with Crippen LogP contribution in [0, 0.1) is 12.7 Å². The number of anilines is 1. The van der Waals surface area contributed by atoms with E-state index in [0.717, 1.165) is 16.0 Å². The van der Waals surface area contributed by atoms with E-state index in [4.69, 9.17) is 5.73 Å². The van der Waals surface area contributed by atoms with Gasteiger partial charge in [-0.15, -0.1) is 12.6 Å². The van der Waals surface area contributed by atoms with Gasteiger partial charge in [0.25, 0.3) is 0 Å². The molecule has 0 atom stereocenters. The number of hydrogen-bond acceptors (Lipinski definition) is 2. The molecule has 0 unspecified atom stereocenters. The summed E-state index contributed by atoms with van der Waals surface area (Å²) in [4.78, 5) is 4.60. The van der Waals surface area contributed by atoms with Gasteiger partial charge in [0.2, 0.25) is 0 Å². The quantitative estimate of drug-likeness (QED) is 0.450. The van der Waals surface area contributed by atoms with E-state index in [1.54, 1.807) is 20.0 Å². The first-order chi connectivity index (χ1) is 9.54. The first-order valence-electron chi connectivity index (χ1n) is 6.11. The number of hydrogen-bond donors (Lipinski definition) is 3. The monoisotopic (exact) mass is 289 g/mol. The topological polar surface area (TPSA) is 50.4 Å². The number of rotatable bonds is 2. The summed E-state index contributed by atoms with van der Waals surface area (Å²) in [5.74, 6) is 0.0388. The van der Waals surface area contributed by atoms with E-state index >= 15 is 0 Å². The number of nitrogens with zero attached hydrogens (tertiary/aromatic N) is 1. The molecule has 0 aromatic heterocycles. The lowest BCUT2D eigenvalue weighted by Gasteiger charge is -2.15. The average molecular weight is 289 g/mol. The van der Waals surface area contributed by atoms with Crippen LogP contribution in [-0.2, 0) is 0 Å². The molecular formula is C15H16FN3S. The molecule has 3 N–H and O–H groups in total. The summed E-state index contributed by atoms with van der Waals surface area (Å²) in [6.45, 7) is 1.75. The first kappa shape index (κ1) is 14.4. The predicted molar refractivity (Wildman–Crippen MR) is 85.0 cm³/mol. The first-order valence-corrected chi connectivity index (χ1v) is 6.56. The fourth-order valence-corrected chi connectivity index (χ4v) is 2.24. The molecule has 0 saturated carbocycles. The number of benzene rings is 2. The zero-order chi connectivity index (χ0) is 14.7. The van der Waals surface area contributed by atoms with Crippen molar-refractivity contribution in [2.24, 2.45) is 10.7 Å². The molecule has 0 saturated heterocycles. The van der Waals surface area contributed by atoms with Crippen molar-refractivity contribution >= 4 is 24.3 Å². The molecule has 0 radical (unpaired) electrons. The van der Waals surface area contributed by atoms with Gasteiger partial charge in [-0.3, -0.25) is 4.99 Å². The van der Waals surface area contributed by atoms with E-state index in [2.05, 4.69) is 22.9 Å². The Labute approximate surface area is 123 Å². The van der Waals surface area contributed by atoms with Gasteiger partial charge in [0.1, 0.15) is 5.82 Å². The van der Waals surface area contributed by atoms with E-state index in [-0.39, 0.29) is 11.8 Å². The maximum absolute atomic E-state index is 13.7. The SMILES string of the molecule is CN=C(N)Nc1c(S)cccc1-c1cccc(F)c1C. The second-order valence-corrected chi connectivity index (χ2v) is 4.83. The molecule has 20 heavy (non-hydrogen) atoms. The number of aliphatic imine (C=N–C) groups is 1. The molecule has 0 heterocycles. The van der Waals surface area contributed by atoms with Crippen molar-refractivity contribution in [3.8, 4) is 11.1 Å². The zero-order valence-corrected chi connectivity index (χ0v) is 12.2. The Bertz CT molecular complexity index is 668. The molecule has 104 valence electrons. The molecule has 2 rings (SSSR count). The van der Waals surface area contributed by atoms with Crippen molar-refractivity contribution in [1.82, 2.24) is 0 Å². The van der Waals surface area contributed by atoms with Crippen molar-refractivity contribution in [2.75, 3.05) is 12.4 Å². The molecule has 0 spiro atoms. The fourth-order valence-electron chi connectivity index (χ4n) is 1.98. The maximum Gasteiger partial charge on any atom is 0.192 e. The number of halogens is 1. The number of guanidine groups is 1. The number of thiol groups is 1. The summed E-state index contributed by atoms with van der Waals surface area (Å²) in [7, 11) is 1.59. The minimum atomic E-state index is -0.241. The Morgan fingerprint density at radius 1 is 1.20 bits per heavy atom. The molecule has 5 heteroatoms. The predicted octanol–water partition coefficient (Wildman–Crippen LogP) is 3.45. The Hall–Kier alpha value is -2.01. The van der Waals surface area contributed by atoms with Gasteiger partial charge in [0, 0.05) is 17.5 Å². The van der Waals surface area contributed by atoms with Crippen LogP contribution in [0.2, 0.25) is 0 Å². The van der Waals surface area contributed by atoms with Crippen LogP contribution in [0.1, 0.15) is 5.56 Å². The lowest BCUT2D eigenvalue weighted by Crippen LogP contribution is -2.22. The van der Waals surface area contributed by atoms with Crippen LogP contribution in [0.5, 0.6) is 0 Å². The Morgan fingerprint density at radius 3 is 2.55 bits per heavy atom. The van der Waals surface area contributed by atoms with Crippen LogP contribution < -0.4 is 11.1 Å². The van der Waals surface area contributed by atoms with Crippen LogP contribution in [0.4, 0.5) is 10.1 Å². The summed E-state index contributed by atoms with van der Waals surface area (Å²) in [5.41, 5.74) is 8.65. The molecular weight excluding hydrogens is 273 g/mol. The average Bonchev–Trinajstić information content (AvgIpc) is 2.44. The van der Waals surface area contributed by atoms with Crippen LogP contribution in [0.25, 0.3) is 11.1 Å². The van der Waals surface area contributed by atoms with Gasteiger partial charge in [0.15, 0.2) is 5.96 Å². The molecule has 0 aliphatic rings. The van der Waals surface area contributed by atoms with E-state index in [9.17, 15) is 4.39 Å². The van der Waals surface area contributed by atoms with E-state index < -0.39 is 0 Å². The fraction of sp³-hybridized carbons (Fsp3) is 0.133.